The first kappa shape index (κ1) is 21.0. The molecular formula is C36H26N2. The molecule has 0 spiro atoms. The van der Waals surface area contributed by atoms with Gasteiger partial charge in [-0.1, -0.05) is 97.1 Å². The van der Waals surface area contributed by atoms with E-state index in [0.717, 1.165) is 0 Å². The molecule has 0 amide bonds. The normalized spacial score (nSPS) is 11.7. The van der Waals surface area contributed by atoms with Crippen LogP contribution in [0.1, 0.15) is 1.43 Å². The van der Waals surface area contributed by atoms with Gasteiger partial charge in [-0.3, -0.25) is 0 Å². The van der Waals surface area contributed by atoms with Crippen molar-refractivity contribution in [3.05, 3.63) is 146 Å². The molecular weight excluding hydrogens is 460 g/mol. The SMILES string of the molecule is [2HH].c1cc(-c2cccc(-n3c4ccccc4c4ccccc43)c2)cc(-n2c3ccccc3c3ccccc32)c1. The largest absolute Gasteiger partial charge is 0.309 e. The number of para-hydroxylation sites is 4. The first-order valence-electron chi connectivity index (χ1n) is 13.0. The molecule has 0 aliphatic rings. The molecule has 0 aliphatic carbocycles. The maximum Gasteiger partial charge on any atom is 0.0541 e. The van der Waals surface area contributed by atoms with Gasteiger partial charge in [-0.25, -0.2) is 0 Å². The van der Waals surface area contributed by atoms with Crippen molar-refractivity contribution in [3.8, 4) is 22.5 Å². The zero-order valence-electron chi connectivity index (χ0n) is 20.8. The van der Waals surface area contributed by atoms with Crippen LogP contribution in [0.4, 0.5) is 0 Å². The summed E-state index contributed by atoms with van der Waals surface area (Å²) in [7, 11) is 0. The van der Waals surface area contributed by atoms with Gasteiger partial charge in [-0.2, -0.15) is 0 Å². The molecule has 2 nitrogen and oxygen atoms in total. The van der Waals surface area contributed by atoms with Gasteiger partial charge in [0.2, 0.25) is 0 Å². The van der Waals surface area contributed by atoms with E-state index in [0.29, 0.717) is 0 Å². The second-order valence-corrected chi connectivity index (χ2v) is 9.84. The van der Waals surface area contributed by atoms with E-state index in [1.54, 1.807) is 0 Å². The van der Waals surface area contributed by atoms with Crippen molar-refractivity contribution < 1.29 is 1.43 Å². The lowest BCUT2D eigenvalue weighted by atomic mass is 10.0. The molecule has 0 bridgehead atoms. The molecule has 0 fully saturated rings. The fourth-order valence-electron chi connectivity index (χ4n) is 6.05. The molecule has 2 heterocycles. The third-order valence-corrected chi connectivity index (χ3v) is 7.70. The first-order chi connectivity index (χ1) is 18.9. The maximum atomic E-state index is 2.38. The molecule has 180 valence electrons. The van der Waals surface area contributed by atoms with Crippen LogP contribution in [0, 0.1) is 0 Å². The number of aromatic nitrogens is 2. The smallest absolute Gasteiger partial charge is 0.0541 e. The summed E-state index contributed by atoms with van der Waals surface area (Å²) >= 11 is 0. The lowest BCUT2D eigenvalue weighted by molar-refractivity contribution is 1.17. The number of benzene rings is 6. The number of nitrogens with zero attached hydrogens (tertiary/aromatic N) is 2. The van der Waals surface area contributed by atoms with Crippen LogP contribution in [0.2, 0.25) is 0 Å². The highest BCUT2D eigenvalue weighted by Crippen LogP contribution is 2.35. The van der Waals surface area contributed by atoms with Crippen molar-refractivity contribution in [2.75, 3.05) is 0 Å². The Bertz CT molecular complexity index is 1890. The number of hydrogen-bond donors (Lipinski definition) is 0. The molecule has 0 saturated carbocycles. The number of rotatable bonds is 3. The van der Waals surface area contributed by atoms with Crippen LogP contribution in [0.15, 0.2) is 146 Å². The van der Waals surface area contributed by atoms with Crippen molar-refractivity contribution in [2.45, 2.75) is 0 Å². The summed E-state index contributed by atoms with van der Waals surface area (Å²) in [6.45, 7) is 0. The third-order valence-electron chi connectivity index (χ3n) is 7.70. The Balaban J connectivity index is 0.00000253. The summed E-state index contributed by atoms with van der Waals surface area (Å²) in [5, 5.41) is 5.12. The molecule has 0 atom stereocenters. The molecule has 2 aromatic heterocycles. The Morgan fingerprint density at radius 1 is 0.316 bits per heavy atom. The van der Waals surface area contributed by atoms with E-state index >= 15 is 0 Å². The summed E-state index contributed by atoms with van der Waals surface area (Å²) in [4.78, 5) is 0. The van der Waals surface area contributed by atoms with Gasteiger partial charge >= 0.3 is 0 Å². The molecule has 2 heteroatoms. The standard InChI is InChI=1S/C36H24N2.H2/c1-5-19-33-29(15-1)30-16-2-6-20-34(30)37(33)27-13-9-11-25(23-27)26-12-10-14-28(24-26)38-35-21-7-3-17-31(35)32-18-4-8-22-36(32)38;/h1-24H;1H/i;1+1. The van der Waals surface area contributed by atoms with Gasteiger partial charge in [0.25, 0.3) is 0 Å². The quantitative estimate of drug-likeness (QED) is 0.235. The minimum atomic E-state index is 0. The lowest BCUT2D eigenvalue weighted by Crippen LogP contribution is -1.95. The van der Waals surface area contributed by atoms with Crippen LogP contribution in [0.5, 0.6) is 0 Å². The van der Waals surface area contributed by atoms with Crippen LogP contribution in [-0.4, -0.2) is 9.13 Å². The highest BCUT2D eigenvalue weighted by atomic mass is 15.0. The Morgan fingerprint density at radius 2 is 0.632 bits per heavy atom. The van der Waals surface area contributed by atoms with Crippen LogP contribution in [0.3, 0.4) is 0 Å². The summed E-state index contributed by atoms with van der Waals surface area (Å²) in [5.74, 6) is 0. The summed E-state index contributed by atoms with van der Waals surface area (Å²) in [6, 6.07) is 52.5. The van der Waals surface area contributed by atoms with E-state index in [2.05, 4.69) is 155 Å². The summed E-state index contributed by atoms with van der Waals surface area (Å²) < 4.78 is 4.76. The van der Waals surface area contributed by atoms with Crippen LogP contribution < -0.4 is 0 Å². The van der Waals surface area contributed by atoms with Crippen LogP contribution >= 0.6 is 0 Å². The van der Waals surface area contributed by atoms with E-state index in [1.165, 1.54) is 66.1 Å². The van der Waals surface area contributed by atoms with Crippen molar-refractivity contribution in [1.29, 1.82) is 0 Å². The fourth-order valence-corrected chi connectivity index (χ4v) is 6.05. The van der Waals surface area contributed by atoms with Gasteiger partial charge in [0.15, 0.2) is 0 Å². The monoisotopic (exact) mass is 487 g/mol. The van der Waals surface area contributed by atoms with Crippen LogP contribution in [-0.2, 0) is 0 Å². The van der Waals surface area contributed by atoms with Gasteiger partial charge in [0.1, 0.15) is 0 Å². The van der Waals surface area contributed by atoms with Gasteiger partial charge in [0, 0.05) is 34.3 Å². The zero-order chi connectivity index (χ0) is 25.1. The van der Waals surface area contributed by atoms with E-state index in [4.69, 9.17) is 0 Å². The Labute approximate surface area is 222 Å². The predicted molar refractivity (Wildman–Crippen MR) is 163 cm³/mol. The minimum Gasteiger partial charge on any atom is -0.309 e. The minimum absolute atomic E-state index is 0. The second kappa shape index (κ2) is 8.22. The molecule has 0 saturated heterocycles. The van der Waals surface area contributed by atoms with E-state index in [-0.39, 0.29) is 1.43 Å². The molecule has 0 radical (unpaired) electrons. The number of fused-ring (bicyclic) bond motifs is 6. The Morgan fingerprint density at radius 3 is 0.974 bits per heavy atom. The fraction of sp³-hybridized carbons (Fsp3) is 0. The second-order valence-electron chi connectivity index (χ2n) is 9.84. The summed E-state index contributed by atoms with van der Waals surface area (Å²) in [5.41, 5.74) is 9.65. The van der Waals surface area contributed by atoms with Gasteiger partial charge in [-0.05, 0) is 59.7 Å². The maximum absolute atomic E-state index is 2.38. The first-order valence-corrected chi connectivity index (χ1v) is 13.0. The zero-order valence-corrected chi connectivity index (χ0v) is 20.8. The molecule has 8 aromatic rings. The topological polar surface area (TPSA) is 9.86 Å². The van der Waals surface area contributed by atoms with E-state index in [1.807, 2.05) is 0 Å². The van der Waals surface area contributed by atoms with E-state index in [9.17, 15) is 0 Å². The van der Waals surface area contributed by atoms with Crippen molar-refractivity contribution in [1.82, 2.24) is 9.13 Å². The number of hydrogen-bond acceptors (Lipinski definition) is 0. The molecule has 6 aromatic carbocycles. The van der Waals surface area contributed by atoms with Gasteiger partial charge in [-0.15, -0.1) is 0 Å². The average molecular weight is 488 g/mol. The average Bonchev–Trinajstić information content (AvgIpc) is 3.51. The lowest BCUT2D eigenvalue weighted by Gasteiger charge is -2.12. The summed E-state index contributed by atoms with van der Waals surface area (Å²) in [6.07, 6.45) is 0. The molecule has 8 rings (SSSR count). The van der Waals surface area contributed by atoms with Gasteiger partial charge < -0.3 is 9.13 Å². The highest BCUT2D eigenvalue weighted by molar-refractivity contribution is 6.10. The molecule has 0 aliphatic heterocycles. The van der Waals surface area contributed by atoms with Crippen LogP contribution in [0.25, 0.3) is 66.1 Å². The van der Waals surface area contributed by atoms with Gasteiger partial charge in [0.05, 0.1) is 22.1 Å². The van der Waals surface area contributed by atoms with E-state index < -0.39 is 0 Å². The van der Waals surface area contributed by atoms with Crippen molar-refractivity contribution >= 4 is 43.6 Å². The Hall–Kier alpha value is -5.08. The molecule has 38 heavy (non-hydrogen) atoms. The van der Waals surface area contributed by atoms with Crippen molar-refractivity contribution in [3.63, 3.8) is 0 Å². The molecule has 0 N–H and O–H groups in total. The Kier molecular flexibility index (Phi) is 4.55. The highest BCUT2D eigenvalue weighted by Gasteiger charge is 2.14. The predicted octanol–water partition coefficient (Wildman–Crippen LogP) is 9.79. The molecule has 0 unspecified atom stereocenters. The van der Waals surface area contributed by atoms with Crippen molar-refractivity contribution in [2.24, 2.45) is 0 Å². The third kappa shape index (κ3) is 3.07.